The van der Waals surface area contributed by atoms with Gasteiger partial charge in [-0.15, -0.1) is 0 Å². The predicted molar refractivity (Wildman–Crippen MR) is 265 cm³/mol. The van der Waals surface area contributed by atoms with Crippen LogP contribution in [0.25, 0.3) is 0 Å². The first-order chi connectivity index (χ1) is 31.9. The molecule has 0 saturated carbocycles. The summed E-state index contributed by atoms with van der Waals surface area (Å²) >= 11 is 0. The molecule has 14 heteroatoms. The first kappa shape index (κ1) is 62.8. The van der Waals surface area contributed by atoms with Gasteiger partial charge < -0.3 is 40.3 Å². The molecule has 8 unspecified atom stereocenters. The number of hydrogen-bond donors (Lipinski definition) is 7. The molecule has 1 saturated heterocycles. The Labute approximate surface area is 403 Å². The van der Waals surface area contributed by atoms with Crippen molar-refractivity contribution in [3.63, 3.8) is 0 Å². The molecule has 0 aromatic heterocycles. The molecular weight excluding hydrogens is 863 g/mol. The molecule has 0 spiro atoms. The zero-order valence-corrected chi connectivity index (χ0v) is 42.7. The van der Waals surface area contributed by atoms with E-state index in [1.54, 1.807) is 0 Å². The fourth-order valence-corrected chi connectivity index (χ4v) is 9.38. The summed E-state index contributed by atoms with van der Waals surface area (Å²) in [5, 5.41) is 55.6. The lowest BCUT2D eigenvalue weighted by atomic mass is 9.99. The van der Waals surface area contributed by atoms with E-state index < -0.39 is 78.5 Å². The van der Waals surface area contributed by atoms with Crippen LogP contribution < -0.4 is 5.32 Å². The molecule has 1 heterocycles. The maximum atomic E-state index is 13.2. The molecule has 0 bridgehead atoms. The summed E-state index contributed by atoms with van der Waals surface area (Å²) in [4.78, 5) is 13.2. The summed E-state index contributed by atoms with van der Waals surface area (Å²) in [6, 6.07) is -1.03. The molecule has 392 valence electrons. The van der Waals surface area contributed by atoms with Crippen LogP contribution in [0, 0.1) is 0 Å². The average Bonchev–Trinajstić information content (AvgIpc) is 3.29. The van der Waals surface area contributed by atoms with Crippen LogP contribution in [0.3, 0.4) is 0 Å². The lowest BCUT2D eigenvalue weighted by Gasteiger charge is -2.41. The molecule has 1 rings (SSSR count). The molecule has 1 aliphatic heterocycles. The minimum Gasteiger partial charge on any atom is -0.394 e. The normalized spacial score (nSPS) is 20.5. The van der Waals surface area contributed by atoms with Gasteiger partial charge in [-0.05, 0) is 38.5 Å². The Morgan fingerprint density at radius 1 is 0.591 bits per heavy atom. The number of nitrogens with one attached hydrogen (secondary N) is 1. The Kier molecular flexibility index (Phi) is 40.6. The third kappa shape index (κ3) is 34.2. The average molecular weight is 964 g/mol. The summed E-state index contributed by atoms with van der Waals surface area (Å²) in [6.07, 6.45) is 36.7. The minimum atomic E-state index is -5.11. The second kappa shape index (κ2) is 42.7. The number of amides is 1. The van der Waals surface area contributed by atoms with Gasteiger partial charge in [0.05, 0.1) is 25.4 Å². The topological polar surface area (TPSA) is 212 Å². The smallest absolute Gasteiger partial charge is 0.394 e. The number of aliphatic hydroxyl groups is 5. The number of hydrogen-bond acceptors (Lipinski definition) is 11. The number of ether oxygens (including phenoxy) is 2. The Morgan fingerprint density at radius 3 is 1.36 bits per heavy atom. The highest BCUT2D eigenvalue weighted by molar-refractivity contribution is 7.80. The van der Waals surface area contributed by atoms with Crippen molar-refractivity contribution < 1.29 is 57.0 Å². The second-order valence-electron chi connectivity index (χ2n) is 19.3. The van der Waals surface area contributed by atoms with Crippen LogP contribution >= 0.6 is 0 Å². The molecule has 13 nitrogen and oxygen atoms in total. The highest BCUT2D eigenvalue weighted by Crippen LogP contribution is 2.26. The highest BCUT2D eigenvalue weighted by atomic mass is 32.3. The highest BCUT2D eigenvalue weighted by Gasteiger charge is 2.48. The Bertz CT molecular complexity index is 1240. The van der Waals surface area contributed by atoms with Gasteiger partial charge in [0.2, 0.25) is 5.91 Å². The maximum absolute atomic E-state index is 13.2. The molecule has 7 N–H and O–H groups in total. The zero-order valence-electron chi connectivity index (χ0n) is 41.9. The fourth-order valence-electron chi connectivity index (χ4n) is 8.87. The van der Waals surface area contributed by atoms with Gasteiger partial charge in [0.15, 0.2) is 6.29 Å². The molecule has 1 aliphatic rings. The van der Waals surface area contributed by atoms with Gasteiger partial charge in [-0.1, -0.05) is 225 Å². The maximum Gasteiger partial charge on any atom is 0.397 e. The minimum absolute atomic E-state index is 0.256. The summed E-state index contributed by atoms with van der Waals surface area (Å²) in [6.45, 7) is 3.31. The standard InChI is InChI=1S/C52H101NO12S/c1-3-5-7-9-11-13-15-17-19-21-22-23-25-27-29-31-33-35-37-39-41-46(56)51(59)53-44(43-63-52-49(58)50(65-66(60,61)62)48(57)47(42-54)64-52)45(55)40-38-36-34-32-30-28-26-24-20-18-16-14-12-10-8-6-4-2/h23,25,44-50,52,54-58H,3-22,24,26-43H2,1-2H3,(H,53,59)(H,60,61,62)/b25-23-. The van der Waals surface area contributed by atoms with Crippen molar-refractivity contribution in [1.29, 1.82) is 0 Å². The molecule has 0 aliphatic carbocycles. The van der Waals surface area contributed by atoms with Crippen LogP contribution in [-0.4, -0.2) is 107 Å². The predicted octanol–water partition coefficient (Wildman–Crippen LogP) is 10.9. The molecular formula is C52H101NO12S. The second-order valence-corrected chi connectivity index (χ2v) is 20.4. The van der Waals surface area contributed by atoms with Crippen molar-refractivity contribution >= 4 is 16.3 Å². The molecule has 0 aromatic carbocycles. The monoisotopic (exact) mass is 964 g/mol. The lowest BCUT2D eigenvalue weighted by molar-refractivity contribution is -0.298. The van der Waals surface area contributed by atoms with Crippen LogP contribution in [0.15, 0.2) is 12.2 Å². The molecule has 8 atom stereocenters. The largest absolute Gasteiger partial charge is 0.397 e. The van der Waals surface area contributed by atoms with Gasteiger partial charge >= 0.3 is 10.4 Å². The number of aliphatic hydroxyl groups excluding tert-OH is 5. The first-order valence-electron chi connectivity index (χ1n) is 27.2. The van der Waals surface area contributed by atoms with Gasteiger partial charge in [0.25, 0.3) is 0 Å². The van der Waals surface area contributed by atoms with Crippen molar-refractivity contribution in [2.24, 2.45) is 0 Å². The molecule has 1 fully saturated rings. The fraction of sp³-hybridized carbons (Fsp3) is 0.942. The van der Waals surface area contributed by atoms with E-state index in [1.165, 1.54) is 154 Å². The molecule has 1 amide bonds. The number of carbonyl (C=O) groups is 1. The van der Waals surface area contributed by atoms with Crippen molar-refractivity contribution in [3.8, 4) is 0 Å². The van der Waals surface area contributed by atoms with Gasteiger partial charge in [-0.3, -0.25) is 9.35 Å². The number of allylic oxidation sites excluding steroid dienone is 2. The van der Waals surface area contributed by atoms with Crippen molar-refractivity contribution in [1.82, 2.24) is 5.32 Å². The van der Waals surface area contributed by atoms with Crippen LogP contribution in [0.5, 0.6) is 0 Å². The van der Waals surface area contributed by atoms with Crippen molar-refractivity contribution in [2.45, 2.75) is 300 Å². The van der Waals surface area contributed by atoms with E-state index >= 15 is 0 Å². The van der Waals surface area contributed by atoms with Crippen molar-refractivity contribution in [3.05, 3.63) is 12.2 Å². The number of carbonyl (C=O) groups excluding carboxylic acids is 1. The van der Waals surface area contributed by atoms with Gasteiger partial charge in [-0.2, -0.15) is 8.42 Å². The van der Waals surface area contributed by atoms with E-state index in [9.17, 15) is 43.3 Å². The molecule has 0 radical (unpaired) electrons. The van der Waals surface area contributed by atoms with Crippen molar-refractivity contribution in [2.75, 3.05) is 13.2 Å². The van der Waals surface area contributed by atoms with Gasteiger partial charge in [0.1, 0.15) is 30.5 Å². The van der Waals surface area contributed by atoms with E-state index in [0.717, 1.165) is 57.8 Å². The van der Waals surface area contributed by atoms with E-state index in [-0.39, 0.29) is 6.42 Å². The Morgan fingerprint density at radius 2 is 0.970 bits per heavy atom. The van der Waals surface area contributed by atoms with Gasteiger partial charge in [0, 0.05) is 0 Å². The van der Waals surface area contributed by atoms with E-state index in [1.807, 2.05) is 0 Å². The molecule has 66 heavy (non-hydrogen) atoms. The number of unbranched alkanes of at least 4 members (excludes halogenated alkanes) is 32. The van der Waals surface area contributed by atoms with E-state index in [2.05, 4.69) is 35.5 Å². The lowest BCUT2D eigenvalue weighted by Crippen LogP contribution is -2.61. The Balaban J connectivity index is 2.46. The van der Waals surface area contributed by atoms with Crippen LogP contribution in [-0.2, 0) is 28.9 Å². The summed E-state index contributed by atoms with van der Waals surface area (Å²) in [5.41, 5.74) is 0. The van der Waals surface area contributed by atoms with Crippen LogP contribution in [0.2, 0.25) is 0 Å². The zero-order chi connectivity index (χ0) is 48.5. The summed E-state index contributed by atoms with van der Waals surface area (Å²) < 4.78 is 47.7. The third-order valence-electron chi connectivity index (χ3n) is 13.2. The third-order valence-corrected chi connectivity index (χ3v) is 13.6. The quantitative estimate of drug-likeness (QED) is 0.0172. The molecule has 0 aromatic rings. The van der Waals surface area contributed by atoms with Gasteiger partial charge in [-0.25, -0.2) is 4.18 Å². The van der Waals surface area contributed by atoms with E-state index in [4.69, 9.17) is 9.47 Å². The van der Waals surface area contributed by atoms with E-state index in [0.29, 0.717) is 19.3 Å². The first-order valence-corrected chi connectivity index (χ1v) is 28.5. The SMILES string of the molecule is CCCCCCCCCCCC/C=C\CCCCCCCCC(O)C(=O)NC(COC1OC(CO)C(O)C(OS(=O)(=O)O)C1O)C(O)CCCCCCCCCCCCCCCCCCC. The van der Waals surface area contributed by atoms with Crippen LogP contribution in [0.4, 0.5) is 0 Å². The van der Waals surface area contributed by atoms with Crippen LogP contribution in [0.1, 0.15) is 251 Å². The Hall–Kier alpha value is -1.20. The number of rotatable bonds is 47. The summed E-state index contributed by atoms with van der Waals surface area (Å²) in [5.74, 6) is -0.670. The summed E-state index contributed by atoms with van der Waals surface area (Å²) in [7, 11) is -5.11.